The first-order valence-electron chi connectivity index (χ1n) is 9.21. The van der Waals surface area contributed by atoms with Crippen molar-refractivity contribution in [3.8, 4) is 5.88 Å². The van der Waals surface area contributed by atoms with Gasteiger partial charge < -0.3 is 5.11 Å². The Hall–Kier alpha value is -2.63. The van der Waals surface area contributed by atoms with Gasteiger partial charge in [-0.3, -0.25) is 19.3 Å². The van der Waals surface area contributed by atoms with Crippen LogP contribution in [0.5, 0.6) is 5.88 Å². The average molecular weight is 355 g/mol. The predicted octanol–water partition coefficient (Wildman–Crippen LogP) is 2.80. The Morgan fingerprint density at radius 2 is 1.88 bits per heavy atom. The van der Waals surface area contributed by atoms with E-state index in [0.29, 0.717) is 12.3 Å². The van der Waals surface area contributed by atoms with Gasteiger partial charge in [0, 0.05) is 18.3 Å². The molecule has 0 bridgehead atoms. The molecular formula is C20H25N3O3. The molecule has 1 aliphatic rings. The molecule has 2 N–H and O–H groups in total. The van der Waals surface area contributed by atoms with E-state index in [9.17, 15) is 14.7 Å². The normalized spacial score (nSPS) is 16.0. The summed E-state index contributed by atoms with van der Waals surface area (Å²) < 4.78 is 1.34. The maximum absolute atomic E-state index is 12.3. The van der Waals surface area contributed by atoms with Crippen molar-refractivity contribution in [3.05, 3.63) is 62.3 Å². The lowest BCUT2D eigenvalue weighted by molar-refractivity contribution is 0.298. The molecule has 26 heavy (non-hydrogen) atoms. The third kappa shape index (κ3) is 3.95. The van der Waals surface area contributed by atoms with Crippen LogP contribution < -0.4 is 11.2 Å². The first-order chi connectivity index (χ1) is 12.6. The first kappa shape index (κ1) is 18.2. The molecule has 0 unspecified atom stereocenters. The van der Waals surface area contributed by atoms with Crippen molar-refractivity contribution in [2.45, 2.75) is 51.5 Å². The second-order valence-corrected chi connectivity index (χ2v) is 6.82. The van der Waals surface area contributed by atoms with Gasteiger partial charge in [0.05, 0.1) is 0 Å². The molecule has 0 saturated heterocycles. The fraction of sp³-hybridized carbons (Fsp3) is 0.450. The predicted molar refractivity (Wildman–Crippen MR) is 102 cm³/mol. The van der Waals surface area contributed by atoms with Crippen LogP contribution in [0.25, 0.3) is 0 Å². The van der Waals surface area contributed by atoms with Crippen molar-refractivity contribution in [1.29, 1.82) is 0 Å². The number of nitrogens with one attached hydrogen (secondary N) is 1. The molecule has 0 aliphatic heterocycles. The number of nitrogens with zero attached hydrogens (tertiary/aromatic N) is 2. The third-order valence-electron chi connectivity index (χ3n) is 5.01. The molecule has 138 valence electrons. The highest BCUT2D eigenvalue weighted by molar-refractivity contribution is 6.00. The standard InChI is InChI=1S/C20H25N3O3/c1-14(21-13-12-15-8-4-2-5-9-15)17-18(24)22-20(26)23(19(17)25)16-10-6-3-7-11-16/h2,4-5,8-9,16,25H,3,6-7,10-13H2,1H3,(H,22,24,26). The SMILES string of the molecule is CC(=NCCc1ccccc1)c1c(O)n(C2CCCCC2)c(=O)[nH]c1=O. The summed E-state index contributed by atoms with van der Waals surface area (Å²) in [5.41, 5.74) is 0.586. The van der Waals surface area contributed by atoms with Crippen molar-refractivity contribution in [2.75, 3.05) is 6.54 Å². The number of aromatic amines is 1. The van der Waals surface area contributed by atoms with E-state index in [1.54, 1.807) is 6.92 Å². The number of rotatable bonds is 5. The molecule has 6 nitrogen and oxygen atoms in total. The van der Waals surface area contributed by atoms with Crippen LogP contribution in [0.4, 0.5) is 0 Å². The number of aliphatic imine (C=N–C) groups is 1. The second kappa shape index (κ2) is 8.17. The summed E-state index contributed by atoms with van der Waals surface area (Å²) in [6.07, 6.45) is 5.61. The van der Waals surface area contributed by atoms with Gasteiger partial charge in [-0.1, -0.05) is 49.6 Å². The second-order valence-electron chi connectivity index (χ2n) is 6.82. The molecular weight excluding hydrogens is 330 g/mol. The third-order valence-corrected chi connectivity index (χ3v) is 5.01. The van der Waals surface area contributed by atoms with Gasteiger partial charge in [-0.05, 0) is 31.7 Å². The molecule has 1 saturated carbocycles. The van der Waals surface area contributed by atoms with E-state index in [2.05, 4.69) is 9.98 Å². The van der Waals surface area contributed by atoms with Crippen molar-refractivity contribution < 1.29 is 5.11 Å². The Labute approximate surface area is 152 Å². The summed E-state index contributed by atoms with van der Waals surface area (Å²) in [6.45, 7) is 2.21. The van der Waals surface area contributed by atoms with E-state index in [4.69, 9.17) is 0 Å². The van der Waals surface area contributed by atoms with Crippen LogP contribution in [0.3, 0.4) is 0 Å². The molecule has 3 rings (SSSR count). The molecule has 0 atom stereocenters. The van der Waals surface area contributed by atoms with Crippen LogP contribution >= 0.6 is 0 Å². The number of hydrogen-bond donors (Lipinski definition) is 2. The lowest BCUT2D eigenvalue weighted by Gasteiger charge is -2.25. The van der Waals surface area contributed by atoms with Crippen LogP contribution in [-0.4, -0.2) is 26.9 Å². The Morgan fingerprint density at radius 1 is 1.19 bits per heavy atom. The lowest BCUT2D eigenvalue weighted by Crippen LogP contribution is -2.36. The molecule has 1 aromatic heterocycles. The van der Waals surface area contributed by atoms with Gasteiger partial charge in [-0.2, -0.15) is 0 Å². The number of aromatic hydroxyl groups is 1. The fourth-order valence-corrected chi connectivity index (χ4v) is 3.62. The molecule has 1 heterocycles. The van der Waals surface area contributed by atoms with E-state index in [1.165, 1.54) is 4.57 Å². The van der Waals surface area contributed by atoms with E-state index in [0.717, 1.165) is 44.1 Å². The Morgan fingerprint density at radius 3 is 2.58 bits per heavy atom. The molecule has 0 amide bonds. The zero-order chi connectivity index (χ0) is 18.5. The summed E-state index contributed by atoms with van der Waals surface area (Å²) in [5, 5.41) is 10.7. The Bertz CT molecular complexity index is 891. The molecule has 1 aliphatic carbocycles. The van der Waals surface area contributed by atoms with E-state index >= 15 is 0 Å². The highest BCUT2D eigenvalue weighted by Gasteiger charge is 2.23. The van der Waals surface area contributed by atoms with Gasteiger partial charge in [-0.25, -0.2) is 4.79 Å². The number of benzene rings is 1. The smallest absolute Gasteiger partial charge is 0.331 e. The topological polar surface area (TPSA) is 87.4 Å². The van der Waals surface area contributed by atoms with Gasteiger partial charge in [0.15, 0.2) is 0 Å². The van der Waals surface area contributed by atoms with Crippen LogP contribution in [0, 0.1) is 0 Å². The zero-order valence-corrected chi connectivity index (χ0v) is 15.1. The van der Waals surface area contributed by atoms with Gasteiger partial charge in [0.2, 0.25) is 5.88 Å². The summed E-state index contributed by atoms with van der Waals surface area (Å²) >= 11 is 0. The van der Waals surface area contributed by atoms with E-state index in [1.807, 2.05) is 30.3 Å². The van der Waals surface area contributed by atoms with Crippen LogP contribution in [0.2, 0.25) is 0 Å². The quantitative estimate of drug-likeness (QED) is 0.809. The highest BCUT2D eigenvalue weighted by Crippen LogP contribution is 2.30. The van der Waals surface area contributed by atoms with E-state index < -0.39 is 11.2 Å². The minimum Gasteiger partial charge on any atom is -0.494 e. The molecule has 1 fully saturated rings. The van der Waals surface area contributed by atoms with Crippen molar-refractivity contribution in [3.63, 3.8) is 0 Å². The van der Waals surface area contributed by atoms with Crippen LogP contribution in [0.1, 0.15) is 56.2 Å². The van der Waals surface area contributed by atoms with E-state index in [-0.39, 0.29) is 17.5 Å². The largest absolute Gasteiger partial charge is 0.494 e. The Kier molecular flexibility index (Phi) is 5.71. The summed E-state index contributed by atoms with van der Waals surface area (Å²) in [6, 6.07) is 9.90. The molecule has 0 radical (unpaired) electrons. The van der Waals surface area contributed by atoms with Gasteiger partial charge in [0.1, 0.15) is 5.56 Å². The number of aromatic nitrogens is 2. The molecule has 1 aromatic carbocycles. The maximum Gasteiger partial charge on any atom is 0.331 e. The number of H-pyrrole nitrogens is 1. The van der Waals surface area contributed by atoms with Gasteiger partial charge in [-0.15, -0.1) is 0 Å². The van der Waals surface area contributed by atoms with Crippen molar-refractivity contribution in [1.82, 2.24) is 9.55 Å². The minimum atomic E-state index is -0.583. The minimum absolute atomic E-state index is 0.0658. The lowest BCUT2D eigenvalue weighted by atomic mass is 9.95. The highest BCUT2D eigenvalue weighted by atomic mass is 16.3. The summed E-state index contributed by atoms with van der Waals surface area (Å²) in [4.78, 5) is 31.3. The fourth-order valence-electron chi connectivity index (χ4n) is 3.62. The average Bonchev–Trinajstić information content (AvgIpc) is 2.63. The zero-order valence-electron chi connectivity index (χ0n) is 15.1. The maximum atomic E-state index is 12.3. The monoisotopic (exact) mass is 355 g/mol. The first-order valence-corrected chi connectivity index (χ1v) is 9.21. The molecule has 6 heteroatoms. The van der Waals surface area contributed by atoms with Crippen LogP contribution in [-0.2, 0) is 6.42 Å². The number of hydrogen-bond acceptors (Lipinski definition) is 4. The van der Waals surface area contributed by atoms with Crippen molar-refractivity contribution in [2.24, 2.45) is 4.99 Å². The molecule has 2 aromatic rings. The van der Waals surface area contributed by atoms with Crippen molar-refractivity contribution >= 4 is 5.71 Å². The van der Waals surface area contributed by atoms with Gasteiger partial charge >= 0.3 is 5.69 Å². The van der Waals surface area contributed by atoms with Gasteiger partial charge in [0.25, 0.3) is 5.56 Å². The van der Waals surface area contributed by atoms with Crippen LogP contribution in [0.15, 0.2) is 44.9 Å². The molecule has 0 spiro atoms. The Balaban J connectivity index is 1.87. The summed E-state index contributed by atoms with van der Waals surface area (Å²) in [5.74, 6) is -0.258. The summed E-state index contributed by atoms with van der Waals surface area (Å²) in [7, 11) is 0.